The van der Waals surface area contributed by atoms with E-state index < -0.39 is 23.9 Å². The quantitative estimate of drug-likeness (QED) is 0.445. The molecule has 4 aromatic rings. The first-order valence-electron chi connectivity index (χ1n) is 9.40. The molecule has 0 aliphatic carbocycles. The van der Waals surface area contributed by atoms with Gasteiger partial charge < -0.3 is 4.74 Å². The van der Waals surface area contributed by atoms with Gasteiger partial charge in [-0.25, -0.2) is 14.6 Å². The molecule has 3 heterocycles. The first kappa shape index (κ1) is 19.7. The van der Waals surface area contributed by atoms with Gasteiger partial charge in [0.25, 0.3) is 11.8 Å². The number of rotatable bonds is 3. The third-order valence-electron chi connectivity index (χ3n) is 5.06. The number of anilines is 1. The van der Waals surface area contributed by atoms with Gasteiger partial charge in [0.1, 0.15) is 11.4 Å². The van der Waals surface area contributed by atoms with Crippen LogP contribution in [0.1, 0.15) is 20.7 Å². The Morgan fingerprint density at radius 2 is 1.72 bits per heavy atom. The summed E-state index contributed by atoms with van der Waals surface area (Å²) in [5, 5.41) is 4.88. The Morgan fingerprint density at radius 3 is 2.44 bits per heavy atom. The lowest BCUT2D eigenvalue weighted by Crippen LogP contribution is -2.29. The van der Waals surface area contributed by atoms with Crippen LogP contribution in [0.4, 0.5) is 18.9 Å². The number of nitrogens with zero attached hydrogens (tertiary/aromatic N) is 4. The van der Waals surface area contributed by atoms with E-state index in [0.29, 0.717) is 16.7 Å². The molecule has 7 nitrogen and oxygen atoms in total. The molecule has 0 bridgehead atoms. The van der Waals surface area contributed by atoms with Crippen LogP contribution in [0.3, 0.4) is 0 Å². The van der Waals surface area contributed by atoms with E-state index >= 15 is 0 Å². The van der Waals surface area contributed by atoms with Crippen molar-refractivity contribution in [2.24, 2.45) is 7.05 Å². The molecular formula is C22H13F3N4O3. The van der Waals surface area contributed by atoms with Crippen molar-refractivity contribution in [1.82, 2.24) is 14.8 Å². The number of ether oxygens (including phenoxy) is 1. The van der Waals surface area contributed by atoms with Crippen LogP contribution in [0.25, 0.3) is 22.3 Å². The van der Waals surface area contributed by atoms with Crippen molar-refractivity contribution in [1.29, 1.82) is 0 Å². The molecule has 160 valence electrons. The average molecular weight is 438 g/mol. The summed E-state index contributed by atoms with van der Waals surface area (Å²) in [5.74, 6) is -1.90. The van der Waals surface area contributed by atoms with Gasteiger partial charge in [0.05, 0.1) is 22.2 Å². The van der Waals surface area contributed by atoms with Gasteiger partial charge >= 0.3 is 6.36 Å². The van der Waals surface area contributed by atoms with E-state index in [1.165, 1.54) is 23.0 Å². The monoisotopic (exact) mass is 438 g/mol. The maximum absolute atomic E-state index is 13.4. The highest BCUT2D eigenvalue weighted by atomic mass is 19.4. The summed E-state index contributed by atoms with van der Waals surface area (Å²) in [7, 11) is 1.67. The molecule has 0 atom stereocenters. The summed E-state index contributed by atoms with van der Waals surface area (Å²) in [6.45, 7) is 0. The minimum atomic E-state index is -4.91. The maximum atomic E-state index is 13.4. The number of carbonyl (C=O) groups is 2. The molecule has 0 spiro atoms. The van der Waals surface area contributed by atoms with Crippen LogP contribution in [0.5, 0.6) is 5.75 Å². The third kappa shape index (κ3) is 3.08. The Balaban J connectivity index is 1.66. The standard InChI is InChI=1S/C22H13F3N4O3/c1-28-19-17(18(27-28)12-6-3-2-4-7-12)16-15(11-26-19)20(30)29(21(16)31)13-8-5-9-14(10-13)32-22(23,24)25/h2-11H,1H3. The molecule has 5 rings (SSSR count). The Labute approximate surface area is 178 Å². The van der Waals surface area contributed by atoms with E-state index in [1.807, 2.05) is 30.3 Å². The number of hydrogen-bond acceptors (Lipinski definition) is 5. The summed E-state index contributed by atoms with van der Waals surface area (Å²) >= 11 is 0. The Hall–Kier alpha value is -4.21. The third-order valence-corrected chi connectivity index (χ3v) is 5.06. The summed E-state index contributed by atoms with van der Waals surface area (Å²) in [6.07, 6.45) is -3.62. The zero-order valence-electron chi connectivity index (χ0n) is 16.4. The molecule has 0 unspecified atom stereocenters. The number of imide groups is 1. The van der Waals surface area contributed by atoms with E-state index in [-0.39, 0.29) is 16.8 Å². The first-order chi connectivity index (χ1) is 15.2. The fourth-order valence-electron chi connectivity index (χ4n) is 3.78. The molecule has 1 aliphatic heterocycles. The fourth-order valence-corrected chi connectivity index (χ4v) is 3.78. The molecule has 2 aromatic carbocycles. The number of carbonyl (C=O) groups excluding carboxylic acids is 2. The predicted molar refractivity (Wildman–Crippen MR) is 108 cm³/mol. The number of benzene rings is 2. The molecule has 10 heteroatoms. The molecular weight excluding hydrogens is 425 g/mol. The first-order valence-corrected chi connectivity index (χ1v) is 9.40. The van der Waals surface area contributed by atoms with E-state index in [9.17, 15) is 22.8 Å². The van der Waals surface area contributed by atoms with Crippen LogP contribution in [-0.4, -0.2) is 32.9 Å². The van der Waals surface area contributed by atoms with E-state index in [0.717, 1.165) is 22.6 Å². The van der Waals surface area contributed by atoms with Crippen molar-refractivity contribution in [3.05, 3.63) is 71.9 Å². The van der Waals surface area contributed by atoms with Gasteiger partial charge in [-0.05, 0) is 12.1 Å². The fraction of sp³-hybridized carbons (Fsp3) is 0.0909. The lowest BCUT2D eigenvalue weighted by atomic mass is 10.0. The van der Waals surface area contributed by atoms with Crippen molar-refractivity contribution in [2.75, 3.05) is 4.90 Å². The van der Waals surface area contributed by atoms with Crippen molar-refractivity contribution >= 4 is 28.5 Å². The number of hydrogen-bond donors (Lipinski definition) is 0. The number of aromatic nitrogens is 3. The van der Waals surface area contributed by atoms with Crippen molar-refractivity contribution < 1.29 is 27.5 Å². The van der Waals surface area contributed by atoms with Crippen LogP contribution in [0.2, 0.25) is 0 Å². The topological polar surface area (TPSA) is 77.3 Å². The van der Waals surface area contributed by atoms with Crippen LogP contribution >= 0.6 is 0 Å². The second-order valence-electron chi connectivity index (χ2n) is 7.07. The van der Waals surface area contributed by atoms with Crippen molar-refractivity contribution in [3.8, 4) is 17.0 Å². The molecule has 0 fully saturated rings. The maximum Gasteiger partial charge on any atom is 0.573 e. The van der Waals surface area contributed by atoms with Gasteiger partial charge in [-0.15, -0.1) is 13.2 Å². The average Bonchev–Trinajstić information content (AvgIpc) is 3.22. The molecule has 0 radical (unpaired) electrons. The largest absolute Gasteiger partial charge is 0.573 e. The number of fused-ring (bicyclic) bond motifs is 3. The Bertz CT molecular complexity index is 1400. The number of alkyl halides is 3. The molecule has 0 saturated carbocycles. The highest BCUT2D eigenvalue weighted by Crippen LogP contribution is 2.38. The number of pyridine rings is 1. The number of aryl methyl sites for hydroxylation is 1. The summed E-state index contributed by atoms with van der Waals surface area (Å²) in [5.41, 5.74) is 1.72. The number of amides is 2. The molecule has 2 amide bonds. The molecule has 2 aromatic heterocycles. The van der Waals surface area contributed by atoms with Crippen LogP contribution in [-0.2, 0) is 7.05 Å². The normalized spacial score (nSPS) is 13.7. The van der Waals surface area contributed by atoms with Gasteiger partial charge in [0, 0.05) is 24.9 Å². The van der Waals surface area contributed by atoms with Gasteiger partial charge in [0.2, 0.25) is 0 Å². The highest BCUT2D eigenvalue weighted by molar-refractivity contribution is 6.38. The molecule has 0 saturated heterocycles. The second-order valence-corrected chi connectivity index (χ2v) is 7.07. The van der Waals surface area contributed by atoms with Gasteiger partial charge in [0.15, 0.2) is 5.65 Å². The predicted octanol–water partition coefficient (Wildman–Crippen LogP) is 4.33. The SMILES string of the molecule is Cn1nc(-c2ccccc2)c2c3c(cnc21)C(=O)N(c1cccc(OC(F)(F)F)c1)C3=O. The lowest BCUT2D eigenvalue weighted by Gasteiger charge is -2.16. The van der Waals surface area contributed by atoms with Crippen LogP contribution < -0.4 is 9.64 Å². The molecule has 1 aliphatic rings. The van der Waals surface area contributed by atoms with Crippen LogP contribution in [0, 0.1) is 0 Å². The summed E-state index contributed by atoms with van der Waals surface area (Å²) < 4.78 is 43.3. The van der Waals surface area contributed by atoms with E-state index in [1.54, 1.807) is 7.05 Å². The Morgan fingerprint density at radius 1 is 0.969 bits per heavy atom. The summed E-state index contributed by atoms with van der Waals surface area (Å²) in [6, 6.07) is 13.8. The number of halogens is 3. The van der Waals surface area contributed by atoms with Crippen LogP contribution in [0.15, 0.2) is 60.8 Å². The zero-order chi connectivity index (χ0) is 22.6. The van der Waals surface area contributed by atoms with Gasteiger partial charge in [-0.2, -0.15) is 5.10 Å². The van der Waals surface area contributed by atoms with Crippen molar-refractivity contribution in [3.63, 3.8) is 0 Å². The van der Waals surface area contributed by atoms with Crippen molar-refractivity contribution in [2.45, 2.75) is 6.36 Å². The smallest absolute Gasteiger partial charge is 0.406 e. The van der Waals surface area contributed by atoms with E-state index in [2.05, 4.69) is 14.8 Å². The minimum absolute atomic E-state index is 0.0451. The van der Waals surface area contributed by atoms with E-state index in [4.69, 9.17) is 0 Å². The van der Waals surface area contributed by atoms with Gasteiger partial charge in [-0.1, -0.05) is 36.4 Å². The molecule has 32 heavy (non-hydrogen) atoms. The summed E-state index contributed by atoms with van der Waals surface area (Å²) in [4.78, 5) is 31.6. The molecule has 0 N–H and O–H groups in total. The second kappa shape index (κ2) is 6.91. The lowest BCUT2D eigenvalue weighted by molar-refractivity contribution is -0.274. The highest BCUT2D eigenvalue weighted by Gasteiger charge is 2.40. The Kier molecular flexibility index (Phi) is 4.26. The van der Waals surface area contributed by atoms with Gasteiger partial charge in [-0.3, -0.25) is 9.59 Å². The zero-order valence-corrected chi connectivity index (χ0v) is 16.4. The minimum Gasteiger partial charge on any atom is -0.406 e.